The first-order valence-electron chi connectivity index (χ1n) is 8.23. The second-order valence-electron chi connectivity index (χ2n) is 5.96. The number of carbonyl (C=O) groups excluding carboxylic acids is 1. The number of nitrogens with zero attached hydrogens (tertiary/aromatic N) is 3. The molecule has 0 saturated carbocycles. The SMILES string of the molecule is O=C(CSC1=NCCS1)N1CCC(c2nc3ccccc3s2)CC1. The molecule has 24 heavy (non-hydrogen) atoms. The highest BCUT2D eigenvalue weighted by Crippen LogP contribution is 2.34. The van der Waals surface area contributed by atoms with Crippen LogP contribution in [-0.4, -0.2) is 51.3 Å². The van der Waals surface area contributed by atoms with Crippen LogP contribution in [0.15, 0.2) is 29.3 Å². The van der Waals surface area contributed by atoms with Crippen LogP contribution in [0.25, 0.3) is 10.2 Å². The fourth-order valence-electron chi connectivity index (χ4n) is 3.06. The highest BCUT2D eigenvalue weighted by Gasteiger charge is 2.26. The van der Waals surface area contributed by atoms with Gasteiger partial charge in [0.1, 0.15) is 4.38 Å². The molecule has 0 N–H and O–H groups in total. The van der Waals surface area contributed by atoms with Gasteiger partial charge in [-0.3, -0.25) is 9.79 Å². The van der Waals surface area contributed by atoms with Gasteiger partial charge in [0.15, 0.2) is 0 Å². The number of likely N-dealkylation sites (tertiary alicyclic amines) is 1. The smallest absolute Gasteiger partial charge is 0.233 e. The summed E-state index contributed by atoms with van der Waals surface area (Å²) in [4.78, 5) is 23.6. The van der Waals surface area contributed by atoms with Crippen molar-refractivity contribution in [2.75, 3.05) is 31.1 Å². The van der Waals surface area contributed by atoms with E-state index in [0.29, 0.717) is 11.7 Å². The van der Waals surface area contributed by atoms with Gasteiger partial charge in [0, 0.05) is 24.8 Å². The third kappa shape index (κ3) is 3.63. The molecule has 7 heteroatoms. The fraction of sp³-hybridized carbons (Fsp3) is 0.471. The summed E-state index contributed by atoms with van der Waals surface area (Å²) in [5.41, 5.74) is 1.10. The zero-order valence-electron chi connectivity index (χ0n) is 13.3. The molecule has 1 aromatic heterocycles. The number of hydrogen-bond donors (Lipinski definition) is 0. The molecule has 0 bridgehead atoms. The normalized spacial score (nSPS) is 19.0. The highest BCUT2D eigenvalue weighted by molar-refractivity contribution is 8.39. The first-order valence-corrected chi connectivity index (χ1v) is 11.0. The Bertz CT molecular complexity index is 732. The van der Waals surface area contributed by atoms with Gasteiger partial charge in [0.2, 0.25) is 5.91 Å². The van der Waals surface area contributed by atoms with Crippen LogP contribution < -0.4 is 0 Å². The molecule has 0 radical (unpaired) electrons. The van der Waals surface area contributed by atoms with Crippen molar-refractivity contribution in [1.29, 1.82) is 0 Å². The van der Waals surface area contributed by atoms with Crippen molar-refractivity contribution in [2.24, 2.45) is 4.99 Å². The number of aromatic nitrogens is 1. The predicted molar refractivity (Wildman–Crippen MR) is 105 cm³/mol. The van der Waals surface area contributed by atoms with Gasteiger partial charge in [-0.15, -0.1) is 11.3 Å². The van der Waals surface area contributed by atoms with Gasteiger partial charge in [0.25, 0.3) is 0 Å². The van der Waals surface area contributed by atoms with Crippen LogP contribution in [0.2, 0.25) is 0 Å². The summed E-state index contributed by atoms with van der Waals surface area (Å²) in [6.07, 6.45) is 2.04. The van der Waals surface area contributed by atoms with Crippen LogP contribution in [-0.2, 0) is 4.79 Å². The van der Waals surface area contributed by atoms with Gasteiger partial charge in [-0.25, -0.2) is 4.98 Å². The van der Waals surface area contributed by atoms with Gasteiger partial charge in [-0.2, -0.15) is 0 Å². The Morgan fingerprint density at radius 1 is 1.29 bits per heavy atom. The van der Waals surface area contributed by atoms with Gasteiger partial charge in [-0.05, 0) is 25.0 Å². The van der Waals surface area contributed by atoms with Gasteiger partial charge >= 0.3 is 0 Å². The molecule has 1 fully saturated rings. The van der Waals surface area contributed by atoms with Crippen LogP contribution in [0, 0.1) is 0 Å². The van der Waals surface area contributed by atoms with E-state index in [2.05, 4.69) is 23.2 Å². The molecule has 126 valence electrons. The van der Waals surface area contributed by atoms with E-state index in [1.54, 1.807) is 34.9 Å². The monoisotopic (exact) mass is 377 g/mol. The Kier molecular flexibility index (Phi) is 5.10. The second kappa shape index (κ2) is 7.45. The van der Waals surface area contributed by atoms with Crippen molar-refractivity contribution in [3.05, 3.63) is 29.3 Å². The van der Waals surface area contributed by atoms with Gasteiger partial charge in [0.05, 0.1) is 27.5 Å². The molecule has 2 aliphatic heterocycles. The number of thiazole rings is 1. The Morgan fingerprint density at radius 3 is 2.88 bits per heavy atom. The molecule has 1 amide bonds. The van der Waals surface area contributed by atoms with E-state index in [0.717, 1.165) is 48.1 Å². The molecule has 0 aliphatic carbocycles. The molecule has 2 aliphatic rings. The summed E-state index contributed by atoms with van der Waals surface area (Å²) in [6, 6.07) is 8.32. The van der Waals surface area contributed by atoms with Gasteiger partial charge < -0.3 is 4.90 Å². The van der Waals surface area contributed by atoms with Crippen LogP contribution in [0.5, 0.6) is 0 Å². The minimum atomic E-state index is 0.248. The Hall–Kier alpha value is -1.05. The third-order valence-electron chi connectivity index (χ3n) is 4.38. The largest absolute Gasteiger partial charge is 0.342 e. The van der Waals surface area contributed by atoms with Crippen molar-refractivity contribution < 1.29 is 4.79 Å². The summed E-state index contributed by atoms with van der Waals surface area (Å²) >= 11 is 5.17. The second-order valence-corrected chi connectivity index (χ2v) is 9.33. The number of amides is 1. The van der Waals surface area contributed by atoms with Crippen LogP contribution in [0.3, 0.4) is 0 Å². The minimum Gasteiger partial charge on any atom is -0.342 e. The average Bonchev–Trinajstić information content (AvgIpc) is 3.29. The standard InChI is InChI=1S/C17H19N3OS3/c21-15(11-23-17-18-7-10-22-17)20-8-5-12(6-9-20)16-19-13-3-1-2-4-14(13)24-16/h1-4,12H,5-11H2. The molecule has 0 spiro atoms. The molecule has 1 aromatic carbocycles. The summed E-state index contributed by atoms with van der Waals surface area (Å²) in [6.45, 7) is 2.59. The van der Waals surface area contributed by atoms with E-state index < -0.39 is 0 Å². The molecular formula is C17H19N3OS3. The Labute approximate surface area is 154 Å². The number of fused-ring (bicyclic) bond motifs is 1. The first kappa shape index (κ1) is 16.4. The van der Waals surface area contributed by atoms with Crippen LogP contribution in [0.1, 0.15) is 23.8 Å². The Balaban J connectivity index is 1.31. The summed E-state index contributed by atoms with van der Waals surface area (Å²) < 4.78 is 2.34. The minimum absolute atomic E-state index is 0.248. The average molecular weight is 378 g/mol. The molecule has 0 atom stereocenters. The maximum Gasteiger partial charge on any atom is 0.233 e. The maximum absolute atomic E-state index is 12.4. The summed E-state index contributed by atoms with van der Waals surface area (Å²) in [5, 5.41) is 1.23. The molecule has 1 saturated heterocycles. The topological polar surface area (TPSA) is 45.6 Å². The lowest BCUT2D eigenvalue weighted by Gasteiger charge is -2.31. The van der Waals surface area contributed by atoms with Crippen molar-refractivity contribution in [3.8, 4) is 0 Å². The number of benzene rings is 1. The number of aliphatic imine (C=N–C) groups is 1. The molecule has 3 heterocycles. The quantitative estimate of drug-likeness (QED) is 0.815. The summed E-state index contributed by atoms with van der Waals surface area (Å²) in [7, 11) is 0. The Morgan fingerprint density at radius 2 is 2.12 bits per heavy atom. The molecule has 4 rings (SSSR count). The molecular weight excluding hydrogens is 358 g/mol. The third-order valence-corrected chi connectivity index (χ3v) is 7.82. The number of thioether (sulfide) groups is 2. The maximum atomic E-state index is 12.4. The highest BCUT2D eigenvalue weighted by atomic mass is 32.2. The van der Waals surface area contributed by atoms with Crippen molar-refractivity contribution in [2.45, 2.75) is 18.8 Å². The van der Waals surface area contributed by atoms with E-state index in [4.69, 9.17) is 4.98 Å². The molecule has 0 unspecified atom stereocenters. The lowest BCUT2D eigenvalue weighted by Crippen LogP contribution is -2.39. The van der Waals surface area contributed by atoms with E-state index in [-0.39, 0.29) is 5.91 Å². The summed E-state index contributed by atoms with van der Waals surface area (Å²) in [5.74, 6) is 2.33. The molecule has 4 nitrogen and oxygen atoms in total. The van der Waals surface area contributed by atoms with E-state index in [1.807, 2.05) is 11.0 Å². The number of para-hydroxylation sites is 1. The zero-order chi connectivity index (χ0) is 16.4. The van der Waals surface area contributed by atoms with Crippen LogP contribution in [0.4, 0.5) is 0 Å². The first-order chi connectivity index (χ1) is 11.8. The van der Waals surface area contributed by atoms with E-state index >= 15 is 0 Å². The van der Waals surface area contributed by atoms with Crippen molar-refractivity contribution >= 4 is 55.4 Å². The number of hydrogen-bond acceptors (Lipinski definition) is 6. The predicted octanol–water partition coefficient (Wildman–Crippen LogP) is 3.84. The van der Waals surface area contributed by atoms with E-state index in [9.17, 15) is 4.79 Å². The fourth-order valence-corrected chi connectivity index (χ4v) is 6.11. The van der Waals surface area contributed by atoms with E-state index in [1.165, 1.54) is 9.71 Å². The molecule has 2 aromatic rings. The number of carbonyl (C=O) groups is 1. The van der Waals surface area contributed by atoms with Gasteiger partial charge in [-0.1, -0.05) is 35.7 Å². The number of piperidine rings is 1. The van der Waals surface area contributed by atoms with Crippen LogP contribution >= 0.6 is 34.9 Å². The lowest BCUT2D eigenvalue weighted by atomic mass is 9.97. The lowest BCUT2D eigenvalue weighted by molar-refractivity contribution is -0.129. The van der Waals surface area contributed by atoms with Crippen molar-refractivity contribution in [3.63, 3.8) is 0 Å². The number of rotatable bonds is 3. The van der Waals surface area contributed by atoms with Crippen molar-refractivity contribution in [1.82, 2.24) is 9.88 Å². The zero-order valence-corrected chi connectivity index (χ0v) is 15.8.